The molecule has 0 radical (unpaired) electrons. The van der Waals surface area contributed by atoms with Gasteiger partial charge in [0.25, 0.3) is 0 Å². The van der Waals surface area contributed by atoms with E-state index in [4.69, 9.17) is 0 Å². The maximum atomic E-state index is 12.9. The Morgan fingerprint density at radius 3 is 2.91 bits per heavy atom. The average Bonchev–Trinajstić information content (AvgIpc) is 3.21. The van der Waals surface area contributed by atoms with Crippen LogP contribution in [-0.2, 0) is 11.3 Å². The van der Waals surface area contributed by atoms with Crippen molar-refractivity contribution >= 4 is 5.91 Å². The summed E-state index contributed by atoms with van der Waals surface area (Å²) < 4.78 is 1.78. The summed E-state index contributed by atoms with van der Waals surface area (Å²) in [5.74, 6) is 0.187. The molecule has 2 fully saturated rings. The Balaban J connectivity index is 1.62. The highest BCUT2D eigenvalue weighted by molar-refractivity contribution is 5.84. The zero-order valence-electron chi connectivity index (χ0n) is 14.3. The van der Waals surface area contributed by atoms with Gasteiger partial charge in [-0.25, -0.2) is 0 Å². The summed E-state index contributed by atoms with van der Waals surface area (Å²) in [4.78, 5) is 12.9. The Labute approximate surface area is 137 Å². The number of carbonyl (C=O) groups is 1. The Kier molecular flexibility index (Phi) is 4.53. The lowest BCUT2D eigenvalue weighted by atomic mass is 9.70. The summed E-state index contributed by atoms with van der Waals surface area (Å²) in [7, 11) is 0. The van der Waals surface area contributed by atoms with E-state index >= 15 is 0 Å². The molecule has 6 heteroatoms. The van der Waals surface area contributed by atoms with Gasteiger partial charge in [-0.15, -0.1) is 5.10 Å². The Morgan fingerprint density at radius 2 is 2.35 bits per heavy atom. The van der Waals surface area contributed by atoms with Gasteiger partial charge in [-0.1, -0.05) is 16.9 Å². The van der Waals surface area contributed by atoms with E-state index in [9.17, 15) is 4.79 Å². The molecule has 1 amide bonds. The van der Waals surface area contributed by atoms with E-state index in [0.717, 1.165) is 25.0 Å². The molecule has 126 valence electrons. The third-order valence-electron chi connectivity index (χ3n) is 5.12. The first kappa shape index (κ1) is 16.2. The summed E-state index contributed by atoms with van der Waals surface area (Å²) in [6.45, 7) is 7.36. The number of hydrogen-bond acceptors (Lipinski definition) is 4. The molecule has 2 saturated heterocycles. The van der Waals surface area contributed by atoms with Gasteiger partial charge < -0.3 is 10.6 Å². The fraction of sp³-hybridized carbons (Fsp3) is 0.706. The van der Waals surface area contributed by atoms with Gasteiger partial charge in [-0.2, -0.15) is 0 Å². The van der Waals surface area contributed by atoms with Crippen molar-refractivity contribution in [1.29, 1.82) is 0 Å². The molecule has 3 heterocycles. The van der Waals surface area contributed by atoms with E-state index in [1.165, 1.54) is 12.0 Å². The zero-order chi connectivity index (χ0) is 16.4. The number of carbonyl (C=O) groups excluding carboxylic acids is 1. The van der Waals surface area contributed by atoms with Gasteiger partial charge in [0, 0.05) is 24.8 Å². The number of nitrogens with one attached hydrogen (secondary N) is 2. The SMILES string of the molecule is CC(C)=CC[C@@]1(C(=O)NCCn2cc(C)nn2)C[C@@H]2CC[C@H]1N2. The summed E-state index contributed by atoms with van der Waals surface area (Å²) in [5.41, 5.74) is 1.89. The van der Waals surface area contributed by atoms with Crippen LogP contribution in [0.5, 0.6) is 0 Å². The molecule has 2 aliphatic heterocycles. The molecular formula is C17H27N5O. The van der Waals surface area contributed by atoms with Crippen LogP contribution in [0.3, 0.4) is 0 Å². The average molecular weight is 317 g/mol. The monoisotopic (exact) mass is 317 g/mol. The van der Waals surface area contributed by atoms with Crippen LogP contribution >= 0.6 is 0 Å². The second-order valence-electron chi connectivity index (χ2n) is 7.22. The van der Waals surface area contributed by atoms with Crippen LogP contribution < -0.4 is 10.6 Å². The Bertz CT molecular complexity index is 604. The largest absolute Gasteiger partial charge is 0.354 e. The number of aryl methyl sites for hydroxylation is 1. The maximum Gasteiger partial charge on any atom is 0.228 e. The minimum atomic E-state index is -0.279. The zero-order valence-corrected chi connectivity index (χ0v) is 14.3. The Hall–Kier alpha value is -1.69. The third-order valence-corrected chi connectivity index (χ3v) is 5.12. The van der Waals surface area contributed by atoms with E-state index in [0.29, 0.717) is 25.2 Å². The van der Waals surface area contributed by atoms with Crippen molar-refractivity contribution in [3.05, 3.63) is 23.5 Å². The normalized spacial score (nSPS) is 28.8. The highest BCUT2D eigenvalue weighted by Crippen LogP contribution is 2.46. The standard InChI is InChI=1S/C17H27N5O/c1-12(2)6-7-17(10-14-4-5-15(17)19-14)16(23)18-8-9-22-11-13(3)20-21-22/h6,11,14-15,19H,4-5,7-10H2,1-3H3,(H,18,23)/t14-,15+,17+/m0/s1. The fourth-order valence-electron chi connectivity index (χ4n) is 3.92. The first-order valence-electron chi connectivity index (χ1n) is 8.54. The van der Waals surface area contributed by atoms with Gasteiger partial charge in [-0.05, 0) is 46.5 Å². The van der Waals surface area contributed by atoms with Crippen LogP contribution in [0, 0.1) is 12.3 Å². The summed E-state index contributed by atoms with van der Waals surface area (Å²) in [6, 6.07) is 0.825. The van der Waals surface area contributed by atoms with Crippen molar-refractivity contribution < 1.29 is 4.79 Å². The van der Waals surface area contributed by atoms with Gasteiger partial charge in [0.15, 0.2) is 0 Å². The first-order chi connectivity index (χ1) is 11.0. The lowest BCUT2D eigenvalue weighted by molar-refractivity contribution is -0.132. The maximum absolute atomic E-state index is 12.9. The highest BCUT2D eigenvalue weighted by atomic mass is 16.2. The molecule has 3 rings (SSSR count). The van der Waals surface area contributed by atoms with Crippen molar-refractivity contribution in [1.82, 2.24) is 25.6 Å². The molecule has 3 atom stereocenters. The molecule has 1 aromatic heterocycles. The lowest BCUT2D eigenvalue weighted by Crippen LogP contribution is -2.49. The molecule has 0 spiro atoms. The van der Waals surface area contributed by atoms with Gasteiger partial charge in [0.2, 0.25) is 5.91 Å². The first-order valence-corrected chi connectivity index (χ1v) is 8.54. The van der Waals surface area contributed by atoms with E-state index < -0.39 is 0 Å². The molecule has 0 aromatic carbocycles. The van der Waals surface area contributed by atoms with Gasteiger partial charge in [0.1, 0.15) is 0 Å². The van der Waals surface area contributed by atoms with Gasteiger partial charge in [0.05, 0.1) is 17.7 Å². The lowest BCUT2D eigenvalue weighted by Gasteiger charge is -2.34. The number of fused-ring (bicyclic) bond motifs is 2. The van der Waals surface area contributed by atoms with E-state index in [2.05, 4.69) is 40.9 Å². The quantitative estimate of drug-likeness (QED) is 0.781. The minimum Gasteiger partial charge on any atom is -0.354 e. The highest BCUT2D eigenvalue weighted by Gasteiger charge is 2.54. The number of nitrogens with zero attached hydrogens (tertiary/aromatic N) is 3. The number of hydrogen-bond donors (Lipinski definition) is 2. The van der Waals surface area contributed by atoms with Crippen molar-refractivity contribution in [3.63, 3.8) is 0 Å². The molecule has 0 unspecified atom stereocenters. The topological polar surface area (TPSA) is 71.8 Å². The molecular weight excluding hydrogens is 290 g/mol. The molecule has 2 bridgehead atoms. The summed E-state index contributed by atoms with van der Waals surface area (Å²) >= 11 is 0. The van der Waals surface area contributed by atoms with Crippen LogP contribution in [0.4, 0.5) is 0 Å². The fourth-order valence-corrected chi connectivity index (χ4v) is 3.92. The number of allylic oxidation sites excluding steroid dienone is 2. The Morgan fingerprint density at radius 1 is 1.52 bits per heavy atom. The van der Waals surface area contributed by atoms with E-state index in [1.54, 1.807) is 4.68 Å². The second kappa shape index (κ2) is 6.43. The van der Waals surface area contributed by atoms with Crippen LogP contribution in [0.1, 0.15) is 45.2 Å². The smallest absolute Gasteiger partial charge is 0.228 e. The molecule has 2 aliphatic rings. The van der Waals surface area contributed by atoms with Gasteiger partial charge in [-0.3, -0.25) is 9.48 Å². The van der Waals surface area contributed by atoms with E-state index in [-0.39, 0.29) is 11.3 Å². The van der Waals surface area contributed by atoms with E-state index in [1.807, 2.05) is 13.1 Å². The number of rotatable bonds is 6. The van der Waals surface area contributed by atoms with Crippen molar-refractivity contribution in [2.75, 3.05) is 6.54 Å². The van der Waals surface area contributed by atoms with Crippen LogP contribution in [0.25, 0.3) is 0 Å². The molecule has 0 aliphatic carbocycles. The minimum absolute atomic E-state index is 0.187. The summed E-state index contributed by atoms with van der Waals surface area (Å²) in [6.07, 6.45) is 8.20. The molecule has 2 N–H and O–H groups in total. The second-order valence-corrected chi connectivity index (χ2v) is 7.22. The molecule has 1 aromatic rings. The van der Waals surface area contributed by atoms with Crippen LogP contribution in [0.2, 0.25) is 0 Å². The predicted molar refractivity (Wildman–Crippen MR) is 88.8 cm³/mol. The third kappa shape index (κ3) is 3.32. The molecule has 23 heavy (non-hydrogen) atoms. The molecule has 0 saturated carbocycles. The van der Waals surface area contributed by atoms with Crippen LogP contribution in [0.15, 0.2) is 17.8 Å². The number of aromatic nitrogens is 3. The predicted octanol–water partition coefficient (Wildman–Crippen LogP) is 1.57. The van der Waals surface area contributed by atoms with Crippen molar-refractivity contribution in [2.24, 2.45) is 5.41 Å². The molecule has 6 nitrogen and oxygen atoms in total. The van der Waals surface area contributed by atoms with Crippen molar-refractivity contribution in [2.45, 2.75) is 65.1 Å². The van der Waals surface area contributed by atoms with Gasteiger partial charge >= 0.3 is 0 Å². The van der Waals surface area contributed by atoms with Crippen molar-refractivity contribution in [3.8, 4) is 0 Å². The summed E-state index contributed by atoms with van der Waals surface area (Å²) in [5, 5.41) is 14.7. The van der Waals surface area contributed by atoms with Crippen LogP contribution in [-0.4, -0.2) is 39.5 Å². The number of amides is 1.